The molecule has 1 aromatic heterocycles. The first kappa shape index (κ1) is 23.0. The summed E-state index contributed by atoms with van der Waals surface area (Å²) in [5, 5.41) is 7.50. The number of hydrogen-bond donors (Lipinski definition) is 2. The number of nitrogens with one attached hydrogen (secondary N) is 2. The van der Waals surface area contributed by atoms with E-state index in [0.29, 0.717) is 46.1 Å². The number of para-hydroxylation sites is 2. The maximum atomic E-state index is 14.7. The first-order valence-corrected chi connectivity index (χ1v) is 13.6. The number of Topliss-reactive ketones (excluding diaryl/α,β-unsaturated/α-hetero) is 1. The van der Waals surface area contributed by atoms with Gasteiger partial charge in [0.05, 0.1) is 11.6 Å². The second-order valence-electron chi connectivity index (χ2n) is 11.0. The number of rotatable bonds is 2. The summed E-state index contributed by atoms with van der Waals surface area (Å²) in [6.07, 6.45) is 1.50. The van der Waals surface area contributed by atoms with E-state index in [4.69, 9.17) is 16.0 Å². The van der Waals surface area contributed by atoms with Crippen molar-refractivity contribution in [3.63, 3.8) is 0 Å². The van der Waals surface area contributed by atoms with Gasteiger partial charge in [-0.15, -0.1) is 0 Å². The fourth-order valence-electron chi connectivity index (χ4n) is 8.02. The molecule has 2 fully saturated rings. The summed E-state index contributed by atoms with van der Waals surface area (Å²) in [4.78, 5) is 45.9. The zero-order valence-electron chi connectivity index (χ0n) is 21.1. The van der Waals surface area contributed by atoms with Gasteiger partial charge in [-0.05, 0) is 61.7 Å². The van der Waals surface area contributed by atoms with Gasteiger partial charge in [0.2, 0.25) is 11.7 Å². The maximum Gasteiger partial charge on any atom is 0.251 e. The van der Waals surface area contributed by atoms with Crippen molar-refractivity contribution in [2.24, 2.45) is 5.92 Å². The van der Waals surface area contributed by atoms with Gasteiger partial charge in [-0.2, -0.15) is 0 Å². The quantitative estimate of drug-likeness (QED) is 0.334. The molecule has 194 valence electrons. The third-order valence-electron chi connectivity index (χ3n) is 9.42. The molecule has 7 nitrogen and oxygen atoms in total. The van der Waals surface area contributed by atoms with Gasteiger partial charge < -0.3 is 15.1 Å². The van der Waals surface area contributed by atoms with E-state index in [9.17, 15) is 14.4 Å². The van der Waals surface area contributed by atoms with Crippen LogP contribution in [0.5, 0.6) is 0 Å². The molecule has 4 atom stereocenters. The molecular weight excluding hydrogens is 514 g/mol. The standard InChI is InChI=1S/C31H24ClN3O4/c1-16-20(32)13-12-19-26(16)34-29(38)31(19)30(18-8-3-4-9-21(18)33-28(30)37)25(22-10-6-14-35(22)31)27(36)24-15-17-7-2-5-11-23(17)39-24/h2-5,7-9,11-13,15,22,25H,6,10,14H2,1H3,(H,33,37)(H,34,38)/t22-,25+,30+,31+/m1/s1. The Kier molecular flexibility index (Phi) is 4.47. The number of fused-ring (bicyclic) bond motifs is 8. The lowest BCUT2D eigenvalue weighted by atomic mass is 9.57. The number of halogens is 1. The van der Waals surface area contributed by atoms with Crippen LogP contribution < -0.4 is 10.6 Å². The number of anilines is 2. The number of carbonyl (C=O) groups excluding carboxylic acids is 3. The highest BCUT2D eigenvalue weighted by Crippen LogP contribution is 2.68. The highest BCUT2D eigenvalue weighted by Gasteiger charge is 2.81. The van der Waals surface area contributed by atoms with E-state index in [2.05, 4.69) is 15.5 Å². The number of hydrogen-bond acceptors (Lipinski definition) is 5. The molecule has 5 heterocycles. The van der Waals surface area contributed by atoms with Crippen LogP contribution in [0.2, 0.25) is 5.02 Å². The van der Waals surface area contributed by atoms with Crippen LogP contribution in [0, 0.1) is 12.8 Å². The molecule has 0 unspecified atom stereocenters. The van der Waals surface area contributed by atoms with Crippen LogP contribution in [-0.2, 0) is 20.5 Å². The Morgan fingerprint density at radius 2 is 1.79 bits per heavy atom. The highest BCUT2D eigenvalue weighted by atomic mass is 35.5. The highest BCUT2D eigenvalue weighted by molar-refractivity contribution is 6.32. The number of carbonyl (C=O) groups is 3. The van der Waals surface area contributed by atoms with E-state index >= 15 is 0 Å². The van der Waals surface area contributed by atoms with Crippen LogP contribution >= 0.6 is 11.6 Å². The van der Waals surface area contributed by atoms with E-state index in [1.807, 2.05) is 61.5 Å². The van der Waals surface area contributed by atoms with E-state index in [1.165, 1.54) is 0 Å². The van der Waals surface area contributed by atoms with Crippen LogP contribution in [0.4, 0.5) is 11.4 Å². The second kappa shape index (κ2) is 7.58. The Bertz CT molecular complexity index is 1750. The summed E-state index contributed by atoms with van der Waals surface area (Å²) in [6, 6.07) is 19.9. The van der Waals surface area contributed by atoms with Gasteiger partial charge in [-0.3, -0.25) is 19.3 Å². The minimum absolute atomic E-state index is 0.201. The van der Waals surface area contributed by atoms with Gasteiger partial charge in [-0.1, -0.05) is 54.1 Å². The summed E-state index contributed by atoms with van der Waals surface area (Å²) in [5.41, 5.74) is 0.995. The van der Waals surface area contributed by atoms with Gasteiger partial charge in [0.1, 0.15) is 16.5 Å². The number of ketones is 1. The molecule has 0 aliphatic carbocycles. The lowest BCUT2D eigenvalue weighted by Crippen LogP contribution is -2.62. The summed E-state index contributed by atoms with van der Waals surface area (Å²) in [6.45, 7) is 2.45. The average Bonchev–Trinajstić information content (AvgIpc) is 3.72. The molecule has 4 aliphatic rings. The molecule has 8 rings (SSSR count). The van der Waals surface area contributed by atoms with Crippen molar-refractivity contribution in [2.45, 2.75) is 36.8 Å². The van der Waals surface area contributed by atoms with E-state index in [1.54, 1.807) is 12.1 Å². The van der Waals surface area contributed by atoms with E-state index in [0.717, 1.165) is 17.4 Å². The predicted molar refractivity (Wildman–Crippen MR) is 147 cm³/mol. The second-order valence-corrected chi connectivity index (χ2v) is 11.4. The summed E-state index contributed by atoms with van der Waals surface area (Å²) in [7, 11) is 0. The maximum absolute atomic E-state index is 14.7. The third-order valence-corrected chi connectivity index (χ3v) is 9.83. The minimum Gasteiger partial charge on any atom is -0.453 e. The molecule has 2 amide bonds. The van der Waals surface area contributed by atoms with Gasteiger partial charge in [0, 0.05) is 27.7 Å². The normalized spacial score (nSPS) is 28.7. The topological polar surface area (TPSA) is 91.7 Å². The lowest BCUT2D eigenvalue weighted by Gasteiger charge is -2.43. The number of nitrogens with zero attached hydrogens (tertiary/aromatic N) is 1. The van der Waals surface area contributed by atoms with Crippen LogP contribution in [0.15, 0.2) is 71.1 Å². The minimum atomic E-state index is -1.51. The Morgan fingerprint density at radius 3 is 2.64 bits per heavy atom. The van der Waals surface area contributed by atoms with Crippen molar-refractivity contribution in [1.29, 1.82) is 0 Å². The molecule has 0 bridgehead atoms. The third kappa shape index (κ3) is 2.51. The summed E-state index contributed by atoms with van der Waals surface area (Å²) in [5.74, 6) is -1.56. The molecule has 8 heteroatoms. The first-order chi connectivity index (χ1) is 18.9. The monoisotopic (exact) mass is 537 g/mol. The molecule has 2 spiro atoms. The van der Waals surface area contributed by atoms with Gasteiger partial charge in [0.25, 0.3) is 5.91 Å². The molecule has 3 aromatic carbocycles. The Labute approximate surface area is 229 Å². The van der Waals surface area contributed by atoms with Crippen molar-refractivity contribution in [1.82, 2.24) is 4.90 Å². The fourth-order valence-corrected chi connectivity index (χ4v) is 8.18. The molecule has 0 saturated carbocycles. The zero-order chi connectivity index (χ0) is 26.7. The van der Waals surface area contributed by atoms with Crippen molar-refractivity contribution < 1.29 is 18.8 Å². The van der Waals surface area contributed by atoms with Crippen molar-refractivity contribution in [2.75, 3.05) is 17.2 Å². The zero-order valence-corrected chi connectivity index (χ0v) is 21.8. The average molecular weight is 538 g/mol. The van der Waals surface area contributed by atoms with Gasteiger partial charge >= 0.3 is 0 Å². The Hall–Kier alpha value is -3.94. The Balaban J connectivity index is 1.47. The number of amides is 2. The number of benzene rings is 3. The van der Waals surface area contributed by atoms with Gasteiger partial charge in [0.15, 0.2) is 5.76 Å². The molecule has 0 radical (unpaired) electrons. The lowest BCUT2D eigenvalue weighted by molar-refractivity contribution is -0.137. The van der Waals surface area contributed by atoms with E-state index in [-0.39, 0.29) is 29.4 Å². The molecule has 4 aromatic rings. The summed E-state index contributed by atoms with van der Waals surface area (Å²) >= 11 is 6.49. The molecule has 4 aliphatic heterocycles. The van der Waals surface area contributed by atoms with Gasteiger partial charge in [-0.25, -0.2) is 0 Å². The van der Waals surface area contributed by atoms with Crippen molar-refractivity contribution >= 4 is 51.5 Å². The van der Waals surface area contributed by atoms with Crippen LogP contribution in [0.1, 0.15) is 40.1 Å². The molecule has 2 saturated heterocycles. The Morgan fingerprint density at radius 1 is 1.00 bits per heavy atom. The summed E-state index contributed by atoms with van der Waals surface area (Å²) < 4.78 is 6.08. The molecule has 39 heavy (non-hydrogen) atoms. The van der Waals surface area contributed by atoms with Crippen molar-refractivity contribution in [3.05, 3.63) is 94.2 Å². The van der Waals surface area contributed by atoms with Crippen LogP contribution in [-0.4, -0.2) is 35.1 Å². The van der Waals surface area contributed by atoms with Crippen LogP contribution in [0.3, 0.4) is 0 Å². The largest absolute Gasteiger partial charge is 0.453 e. The molecular formula is C31H24ClN3O4. The SMILES string of the molecule is Cc1c(Cl)ccc2c1NC(=O)[C@@]21N2CCC[C@@H]2[C@@H](C(=O)c2cc3ccccc3o2)[C@@]12C(=O)Nc1ccccc12. The van der Waals surface area contributed by atoms with Crippen molar-refractivity contribution in [3.8, 4) is 0 Å². The molecule has 2 N–H and O–H groups in total. The fraction of sp³-hybridized carbons (Fsp3) is 0.258. The number of furan rings is 1. The predicted octanol–water partition coefficient (Wildman–Crippen LogP) is 5.41. The van der Waals surface area contributed by atoms with Crippen LogP contribution in [0.25, 0.3) is 11.0 Å². The first-order valence-electron chi connectivity index (χ1n) is 13.2. The van der Waals surface area contributed by atoms with E-state index < -0.39 is 16.9 Å². The smallest absolute Gasteiger partial charge is 0.251 e.